The van der Waals surface area contributed by atoms with Gasteiger partial charge in [0.25, 0.3) is 11.8 Å². The van der Waals surface area contributed by atoms with Crippen molar-refractivity contribution >= 4 is 0 Å². The van der Waals surface area contributed by atoms with Crippen molar-refractivity contribution in [2.45, 2.75) is 39.2 Å². The van der Waals surface area contributed by atoms with E-state index in [1.54, 1.807) is 0 Å². The van der Waals surface area contributed by atoms with E-state index in [0.717, 1.165) is 17.0 Å². The summed E-state index contributed by atoms with van der Waals surface area (Å²) in [6.07, 6.45) is 1.43. The Balaban J connectivity index is 1.97. The minimum atomic E-state index is -0.628. The van der Waals surface area contributed by atoms with Crippen LogP contribution in [-0.4, -0.2) is 35.2 Å². The number of rotatable bonds is 5. The second-order valence-corrected chi connectivity index (χ2v) is 5.06. The van der Waals surface area contributed by atoms with Crippen LogP contribution in [0.15, 0.2) is 8.94 Å². The van der Waals surface area contributed by atoms with E-state index in [4.69, 9.17) is 18.4 Å². The van der Waals surface area contributed by atoms with Crippen molar-refractivity contribution in [3.63, 3.8) is 0 Å². The van der Waals surface area contributed by atoms with Crippen molar-refractivity contribution < 1.29 is 18.4 Å². The molecule has 1 saturated heterocycles. The molecule has 0 N–H and O–H groups in total. The molecule has 1 atom stereocenters. The van der Waals surface area contributed by atoms with Crippen molar-refractivity contribution in [2.75, 3.05) is 19.8 Å². The summed E-state index contributed by atoms with van der Waals surface area (Å²) in [6, 6.07) is 0. The van der Waals surface area contributed by atoms with E-state index >= 15 is 0 Å². The number of aryl methyl sites for hydroxylation is 2. The first-order chi connectivity index (χ1) is 10.2. The predicted octanol–water partition coefficient (Wildman–Crippen LogP) is 2.25. The van der Waals surface area contributed by atoms with Crippen molar-refractivity contribution in [1.29, 1.82) is 0 Å². The number of nitrogens with zero attached hydrogens (tertiary/aromatic N) is 3. The van der Waals surface area contributed by atoms with E-state index in [1.807, 2.05) is 20.8 Å². The molecule has 0 spiro atoms. The number of ether oxygens (including phenoxy) is 2. The Morgan fingerprint density at radius 3 is 2.81 bits per heavy atom. The van der Waals surface area contributed by atoms with Gasteiger partial charge in [0.2, 0.25) is 0 Å². The van der Waals surface area contributed by atoms with Crippen LogP contribution < -0.4 is 0 Å². The zero-order valence-corrected chi connectivity index (χ0v) is 12.5. The molecular formula is C14H19N3O4. The molecule has 2 aromatic heterocycles. The van der Waals surface area contributed by atoms with Crippen LogP contribution in [-0.2, 0) is 21.5 Å². The molecule has 114 valence electrons. The van der Waals surface area contributed by atoms with Crippen LogP contribution in [0.1, 0.15) is 37.6 Å². The lowest BCUT2D eigenvalue weighted by atomic mass is 10.0. The van der Waals surface area contributed by atoms with Crippen LogP contribution in [0, 0.1) is 6.92 Å². The van der Waals surface area contributed by atoms with Gasteiger partial charge in [-0.3, -0.25) is 0 Å². The molecule has 3 heterocycles. The molecule has 7 heteroatoms. The normalized spacial score (nSPS) is 22.0. The number of aromatic nitrogens is 3. The molecule has 3 rings (SSSR count). The Hall–Kier alpha value is -1.73. The van der Waals surface area contributed by atoms with Gasteiger partial charge in [-0.2, -0.15) is 0 Å². The fourth-order valence-electron chi connectivity index (χ4n) is 2.61. The molecule has 0 aliphatic carbocycles. The van der Waals surface area contributed by atoms with Crippen LogP contribution in [0.3, 0.4) is 0 Å². The molecule has 0 bridgehead atoms. The van der Waals surface area contributed by atoms with Gasteiger partial charge in [-0.25, -0.2) is 0 Å². The largest absolute Gasteiger partial charge is 0.417 e. The summed E-state index contributed by atoms with van der Waals surface area (Å²) in [5.41, 5.74) is 0.897. The van der Waals surface area contributed by atoms with Crippen molar-refractivity contribution in [2.24, 2.45) is 0 Å². The standard InChI is InChI=1S/C14H19N3O4/c1-4-10-11(9(3)17-21-10)12-15-16-13(20-12)14(19-5-2)6-7-18-8-14/h4-8H2,1-3H3. The average molecular weight is 293 g/mol. The minimum absolute atomic E-state index is 0.423. The second kappa shape index (κ2) is 5.57. The van der Waals surface area contributed by atoms with Crippen molar-refractivity contribution in [3.05, 3.63) is 17.3 Å². The van der Waals surface area contributed by atoms with Gasteiger partial charge in [0.05, 0.1) is 18.9 Å². The molecule has 7 nitrogen and oxygen atoms in total. The Kier molecular flexibility index (Phi) is 3.77. The van der Waals surface area contributed by atoms with Crippen LogP contribution in [0.2, 0.25) is 0 Å². The molecule has 1 aliphatic rings. The topological polar surface area (TPSA) is 83.4 Å². The molecule has 2 aromatic rings. The maximum atomic E-state index is 5.86. The number of hydrogen-bond donors (Lipinski definition) is 0. The third-order valence-electron chi connectivity index (χ3n) is 3.69. The van der Waals surface area contributed by atoms with Gasteiger partial charge in [-0.1, -0.05) is 12.1 Å². The maximum Gasteiger partial charge on any atom is 0.253 e. The minimum Gasteiger partial charge on any atom is -0.417 e. The summed E-state index contributed by atoms with van der Waals surface area (Å²) < 4.78 is 22.4. The highest BCUT2D eigenvalue weighted by Gasteiger charge is 2.43. The second-order valence-electron chi connectivity index (χ2n) is 5.06. The maximum absolute atomic E-state index is 5.86. The summed E-state index contributed by atoms with van der Waals surface area (Å²) in [5.74, 6) is 1.63. The Morgan fingerprint density at radius 1 is 1.29 bits per heavy atom. The van der Waals surface area contributed by atoms with Crippen molar-refractivity contribution in [3.8, 4) is 11.5 Å². The highest BCUT2D eigenvalue weighted by atomic mass is 16.6. The van der Waals surface area contributed by atoms with Crippen LogP contribution in [0.4, 0.5) is 0 Å². The molecule has 0 saturated carbocycles. The fraction of sp³-hybridized carbons (Fsp3) is 0.643. The molecule has 1 fully saturated rings. The lowest BCUT2D eigenvalue weighted by molar-refractivity contribution is -0.0657. The molecule has 1 aliphatic heterocycles. The average Bonchev–Trinajstić information content (AvgIpc) is 3.18. The quantitative estimate of drug-likeness (QED) is 0.835. The van der Waals surface area contributed by atoms with Gasteiger partial charge >= 0.3 is 0 Å². The third kappa shape index (κ3) is 2.36. The zero-order valence-electron chi connectivity index (χ0n) is 12.5. The van der Waals surface area contributed by atoms with Gasteiger partial charge in [0.1, 0.15) is 11.3 Å². The monoisotopic (exact) mass is 293 g/mol. The lowest BCUT2D eigenvalue weighted by Crippen LogP contribution is -2.30. The molecule has 0 aromatic carbocycles. The summed E-state index contributed by atoms with van der Waals surface area (Å²) in [7, 11) is 0. The lowest BCUT2D eigenvalue weighted by Gasteiger charge is -2.22. The highest BCUT2D eigenvalue weighted by molar-refractivity contribution is 5.58. The Bertz CT molecular complexity index is 614. The van der Waals surface area contributed by atoms with E-state index < -0.39 is 5.60 Å². The summed E-state index contributed by atoms with van der Waals surface area (Å²) in [5, 5.41) is 12.3. The van der Waals surface area contributed by atoms with Gasteiger partial charge in [-0.15, -0.1) is 10.2 Å². The summed E-state index contributed by atoms with van der Waals surface area (Å²) >= 11 is 0. The van der Waals surface area contributed by atoms with E-state index in [2.05, 4.69) is 15.4 Å². The summed E-state index contributed by atoms with van der Waals surface area (Å²) in [4.78, 5) is 0. The van der Waals surface area contributed by atoms with E-state index in [1.165, 1.54) is 0 Å². The number of hydrogen-bond acceptors (Lipinski definition) is 7. The summed E-state index contributed by atoms with van der Waals surface area (Å²) in [6.45, 7) is 7.42. The van der Waals surface area contributed by atoms with Crippen molar-refractivity contribution in [1.82, 2.24) is 15.4 Å². The predicted molar refractivity (Wildman–Crippen MR) is 72.7 cm³/mol. The van der Waals surface area contributed by atoms with Crippen LogP contribution in [0.25, 0.3) is 11.5 Å². The zero-order chi connectivity index (χ0) is 14.9. The molecule has 1 unspecified atom stereocenters. The highest BCUT2D eigenvalue weighted by Crippen LogP contribution is 2.36. The Morgan fingerprint density at radius 2 is 2.14 bits per heavy atom. The first kappa shape index (κ1) is 14.2. The van der Waals surface area contributed by atoms with Crippen LogP contribution >= 0.6 is 0 Å². The smallest absolute Gasteiger partial charge is 0.253 e. The molecule has 0 radical (unpaired) electrons. The van der Waals surface area contributed by atoms with Crippen LogP contribution in [0.5, 0.6) is 0 Å². The van der Waals surface area contributed by atoms with E-state index in [0.29, 0.717) is 44.4 Å². The third-order valence-corrected chi connectivity index (χ3v) is 3.69. The first-order valence-corrected chi connectivity index (χ1v) is 7.21. The fourth-order valence-corrected chi connectivity index (χ4v) is 2.61. The Labute approximate surface area is 122 Å². The molecular weight excluding hydrogens is 274 g/mol. The van der Waals surface area contributed by atoms with E-state index in [9.17, 15) is 0 Å². The van der Waals surface area contributed by atoms with E-state index in [-0.39, 0.29) is 0 Å². The van der Waals surface area contributed by atoms with Gasteiger partial charge in [0.15, 0.2) is 5.60 Å². The molecule has 0 amide bonds. The first-order valence-electron chi connectivity index (χ1n) is 7.21. The SMILES string of the molecule is CCOC1(c2nnc(-c3c(C)noc3CC)o2)CCOC1. The molecule has 21 heavy (non-hydrogen) atoms. The van der Waals surface area contributed by atoms with Gasteiger partial charge in [-0.05, 0) is 13.8 Å². The van der Waals surface area contributed by atoms with Gasteiger partial charge < -0.3 is 18.4 Å². The van der Waals surface area contributed by atoms with Gasteiger partial charge in [0, 0.05) is 19.4 Å².